The minimum absolute atomic E-state index is 0.635. The van der Waals surface area contributed by atoms with Crippen molar-refractivity contribution in [1.82, 2.24) is 10.3 Å². The summed E-state index contributed by atoms with van der Waals surface area (Å²) in [6, 6.07) is 5.15. The maximum absolute atomic E-state index is 4.81. The minimum atomic E-state index is 0.635. The highest BCUT2D eigenvalue weighted by Gasteiger charge is 2.22. The van der Waals surface area contributed by atoms with Crippen LogP contribution in [0.25, 0.3) is 0 Å². The van der Waals surface area contributed by atoms with Crippen molar-refractivity contribution >= 4 is 5.82 Å². The maximum atomic E-state index is 4.81. The normalized spacial score (nSPS) is 19.1. The van der Waals surface area contributed by atoms with Gasteiger partial charge in [0.1, 0.15) is 5.82 Å². The fourth-order valence-electron chi connectivity index (χ4n) is 2.75. The summed E-state index contributed by atoms with van der Waals surface area (Å²) < 4.78 is 0. The Morgan fingerprint density at radius 3 is 2.84 bits per heavy atom. The van der Waals surface area contributed by atoms with Gasteiger partial charge < -0.3 is 10.2 Å². The molecule has 19 heavy (non-hydrogen) atoms. The number of nitrogens with zero attached hydrogens (tertiary/aromatic N) is 2. The first kappa shape index (κ1) is 14.3. The van der Waals surface area contributed by atoms with Gasteiger partial charge in [-0.2, -0.15) is 0 Å². The number of hydrogen-bond donors (Lipinski definition) is 1. The molecule has 1 saturated heterocycles. The van der Waals surface area contributed by atoms with Crippen LogP contribution in [0, 0.1) is 0 Å². The van der Waals surface area contributed by atoms with E-state index in [4.69, 9.17) is 4.98 Å². The van der Waals surface area contributed by atoms with Gasteiger partial charge in [-0.05, 0) is 56.8 Å². The van der Waals surface area contributed by atoms with E-state index in [2.05, 4.69) is 43.1 Å². The van der Waals surface area contributed by atoms with Crippen molar-refractivity contribution < 1.29 is 0 Å². The molecule has 0 bridgehead atoms. The Hall–Kier alpha value is -1.09. The maximum Gasteiger partial charge on any atom is 0.129 e. The zero-order chi connectivity index (χ0) is 13.7. The van der Waals surface area contributed by atoms with E-state index in [-0.39, 0.29) is 0 Å². The van der Waals surface area contributed by atoms with Crippen LogP contribution in [-0.2, 0) is 13.0 Å². The van der Waals surface area contributed by atoms with E-state index in [1.54, 1.807) is 0 Å². The molecule has 0 aliphatic carbocycles. The third-order valence-electron chi connectivity index (χ3n) is 3.89. The summed E-state index contributed by atoms with van der Waals surface area (Å²) in [6.07, 6.45) is 4.78. The van der Waals surface area contributed by atoms with Crippen molar-refractivity contribution in [3.05, 3.63) is 23.4 Å². The number of hydrogen-bond acceptors (Lipinski definition) is 3. The van der Waals surface area contributed by atoms with E-state index in [0.29, 0.717) is 6.04 Å². The quantitative estimate of drug-likeness (QED) is 0.797. The molecular formula is C16H27N3. The Labute approximate surface area is 117 Å². The van der Waals surface area contributed by atoms with Crippen LogP contribution >= 0.6 is 0 Å². The van der Waals surface area contributed by atoms with Gasteiger partial charge in [0.2, 0.25) is 0 Å². The second kappa shape index (κ2) is 6.90. The van der Waals surface area contributed by atoms with E-state index in [0.717, 1.165) is 26.1 Å². The smallest absolute Gasteiger partial charge is 0.129 e. The zero-order valence-corrected chi connectivity index (χ0v) is 12.6. The summed E-state index contributed by atoms with van der Waals surface area (Å²) in [5.74, 6) is 1.18. The van der Waals surface area contributed by atoms with Crippen LogP contribution in [0.1, 0.15) is 51.3 Å². The monoisotopic (exact) mass is 261 g/mol. The summed E-state index contributed by atoms with van der Waals surface area (Å²) >= 11 is 0. The highest BCUT2D eigenvalue weighted by molar-refractivity contribution is 5.44. The molecule has 2 rings (SSSR count). The van der Waals surface area contributed by atoms with E-state index in [9.17, 15) is 0 Å². The highest BCUT2D eigenvalue weighted by Crippen LogP contribution is 2.25. The molecule has 0 aromatic carbocycles. The molecular weight excluding hydrogens is 234 g/mol. The fourth-order valence-corrected chi connectivity index (χ4v) is 2.75. The van der Waals surface area contributed by atoms with E-state index >= 15 is 0 Å². The summed E-state index contributed by atoms with van der Waals surface area (Å²) in [5, 5.41) is 3.49. The summed E-state index contributed by atoms with van der Waals surface area (Å²) in [5.41, 5.74) is 2.58. The van der Waals surface area contributed by atoms with Crippen LogP contribution in [0.2, 0.25) is 0 Å². The topological polar surface area (TPSA) is 28.2 Å². The second-order valence-corrected chi connectivity index (χ2v) is 5.54. The Morgan fingerprint density at radius 1 is 1.37 bits per heavy atom. The average Bonchev–Trinajstić information content (AvgIpc) is 2.85. The van der Waals surface area contributed by atoms with Crippen molar-refractivity contribution in [3.63, 3.8) is 0 Å². The largest absolute Gasteiger partial charge is 0.354 e. The Bertz CT molecular complexity index is 403. The summed E-state index contributed by atoms with van der Waals surface area (Å²) in [7, 11) is 0. The molecule has 2 heterocycles. The molecule has 3 heteroatoms. The van der Waals surface area contributed by atoms with Crippen LogP contribution in [0.4, 0.5) is 5.82 Å². The van der Waals surface area contributed by atoms with Crippen LogP contribution in [-0.4, -0.2) is 24.1 Å². The Balaban J connectivity index is 2.15. The summed E-state index contributed by atoms with van der Waals surface area (Å²) in [4.78, 5) is 7.27. The molecule has 0 spiro atoms. The average molecular weight is 261 g/mol. The van der Waals surface area contributed by atoms with Crippen molar-refractivity contribution in [3.8, 4) is 0 Å². The molecule has 1 aromatic heterocycles. The van der Waals surface area contributed by atoms with Gasteiger partial charge >= 0.3 is 0 Å². The zero-order valence-electron chi connectivity index (χ0n) is 12.6. The fraction of sp³-hybridized carbons (Fsp3) is 0.688. The number of anilines is 1. The molecule has 1 N–H and O–H groups in total. The second-order valence-electron chi connectivity index (χ2n) is 5.54. The molecule has 0 saturated carbocycles. The molecule has 3 nitrogen and oxygen atoms in total. The van der Waals surface area contributed by atoms with Gasteiger partial charge in [-0.15, -0.1) is 0 Å². The van der Waals surface area contributed by atoms with Gasteiger partial charge in [-0.1, -0.05) is 13.8 Å². The van der Waals surface area contributed by atoms with Crippen molar-refractivity contribution in [1.29, 1.82) is 0 Å². The van der Waals surface area contributed by atoms with Crippen molar-refractivity contribution in [2.75, 3.05) is 18.0 Å². The minimum Gasteiger partial charge on any atom is -0.354 e. The molecule has 1 atom stereocenters. The van der Waals surface area contributed by atoms with Gasteiger partial charge in [-0.25, -0.2) is 4.98 Å². The highest BCUT2D eigenvalue weighted by atomic mass is 15.2. The lowest BCUT2D eigenvalue weighted by molar-refractivity contribution is 0.672. The molecule has 1 unspecified atom stereocenters. The molecule has 1 aliphatic heterocycles. The number of nitrogens with one attached hydrogen (secondary N) is 1. The van der Waals surface area contributed by atoms with Crippen LogP contribution in [0.5, 0.6) is 0 Å². The van der Waals surface area contributed by atoms with Crippen LogP contribution in [0.3, 0.4) is 0 Å². The van der Waals surface area contributed by atoms with Crippen molar-refractivity contribution in [2.24, 2.45) is 0 Å². The first-order valence-corrected chi connectivity index (χ1v) is 7.71. The molecule has 0 radical (unpaired) electrons. The van der Waals surface area contributed by atoms with Gasteiger partial charge in [0.05, 0.1) is 0 Å². The van der Waals surface area contributed by atoms with Gasteiger partial charge in [-0.3, -0.25) is 0 Å². The van der Waals surface area contributed by atoms with Crippen LogP contribution < -0.4 is 10.2 Å². The van der Waals surface area contributed by atoms with Crippen molar-refractivity contribution in [2.45, 2.75) is 59.0 Å². The predicted molar refractivity (Wildman–Crippen MR) is 81.7 cm³/mol. The first-order valence-electron chi connectivity index (χ1n) is 7.71. The molecule has 1 aromatic rings. The third kappa shape index (κ3) is 3.69. The number of rotatable bonds is 6. The molecule has 1 fully saturated rings. The van der Waals surface area contributed by atoms with Gasteiger partial charge in [0.25, 0.3) is 0 Å². The number of aryl methyl sites for hydroxylation is 1. The van der Waals surface area contributed by atoms with E-state index in [1.165, 1.54) is 36.3 Å². The molecule has 0 amide bonds. The SMILES string of the molecule is CCCNCc1cc(CC)nc(N2CCCC2C)c1. The van der Waals surface area contributed by atoms with Gasteiger partial charge in [0, 0.05) is 24.8 Å². The lowest BCUT2D eigenvalue weighted by atomic mass is 10.1. The standard InChI is InChI=1S/C16H27N3/c1-4-8-17-12-14-10-15(5-2)18-16(11-14)19-9-6-7-13(19)3/h10-11,13,17H,4-9,12H2,1-3H3. The predicted octanol–water partition coefficient (Wildman–Crippen LogP) is 3.13. The van der Waals surface area contributed by atoms with E-state index in [1.807, 2.05) is 0 Å². The van der Waals surface area contributed by atoms with Gasteiger partial charge in [0.15, 0.2) is 0 Å². The molecule has 1 aliphatic rings. The lowest BCUT2D eigenvalue weighted by Gasteiger charge is -2.24. The van der Waals surface area contributed by atoms with Crippen LogP contribution in [0.15, 0.2) is 12.1 Å². The third-order valence-corrected chi connectivity index (χ3v) is 3.89. The Kier molecular flexibility index (Phi) is 5.20. The first-order chi connectivity index (χ1) is 9.24. The van der Waals surface area contributed by atoms with E-state index < -0.39 is 0 Å². The Morgan fingerprint density at radius 2 is 2.21 bits per heavy atom. The molecule has 106 valence electrons. The number of pyridine rings is 1. The lowest BCUT2D eigenvalue weighted by Crippen LogP contribution is -2.27. The number of aromatic nitrogens is 1. The summed E-state index contributed by atoms with van der Waals surface area (Å²) in [6.45, 7) is 9.89.